The van der Waals surface area contributed by atoms with Crippen molar-refractivity contribution >= 4 is 11.8 Å². The third-order valence-electron chi connectivity index (χ3n) is 4.68. The molecule has 1 atom stereocenters. The zero-order valence-electron chi connectivity index (χ0n) is 13.7. The first kappa shape index (κ1) is 15.3. The Kier molecular flexibility index (Phi) is 3.43. The molecule has 2 aliphatic rings. The van der Waals surface area contributed by atoms with Gasteiger partial charge in [0.2, 0.25) is 11.8 Å². The second-order valence-corrected chi connectivity index (χ2v) is 8.27. The van der Waals surface area contributed by atoms with Crippen LogP contribution in [0.5, 0.6) is 0 Å². The van der Waals surface area contributed by atoms with E-state index in [1.54, 1.807) is 13.8 Å². The van der Waals surface area contributed by atoms with Crippen molar-refractivity contribution in [1.29, 1.82) is 0 Å². The van der Waals surface area contributed by atoms with Crippen LogP contribution in [0.15, 0.2) is 0 Å². The number of nitrogens with zero attached hydrogens (tertiary/aromatic N) is 1. The van der Waals surface area contributed by atoms with E-state index in [4.69, 9.17) is 0 Å². The number of nitrogens with one attached hydrogen (secondary N) is 1. The average Bonchev–Trinajstić information content (AvgIpc) is 3.08. The number of rotatable bonds is 3. The summed E-state index contributed by atoms with van der Waals surface area (Å²) >= 11 is 0. The van der Waals surface area contributed by atoms with E-state index in [0.29, 0.717) is 12.5 Å². The maximum Gasteiger partial charge on any atom is 0.248 e. The monoisotopic (exact) mass is 280 g/mol. The molecule has 1 heterocycles. The van der Waals surface area contributed by atoms with Crippen molar-refractivity contribution in [1.82, 2.24) is 10.2 Å². The van der Waals surface area contributed by atoms with Crippen LogP contribution in [0.2, 0.25) is 0 Å². The maximum absolute atomic E-state index is 12.8. The van der Waals surface area contributed by atoms with Gasteiger partial charge in [0.15, 0.2) is 0 Å². The Balaban J connectivity index is 2.29. The molecule has 1 saturated carbocycles. The van der Waals surface area contributed by atoms with Gasteiger partial charge in [0, 0.05) is 6.54 Å². The van der Waals surface area contributed by atoms with Crippen LogP contribution in [0.4, 0.5) is 0 Å². The normalized spacial score (nSPS) is 30.4. The lowest BCUT2D eigenvalue weighted by molar-refractivity contribution is -0.162. The van der Waals surface area contributed by atoms with E-state index in [0.717, 1.165) is 19.3 Å². The fraction of sp³-hybridized carbons (Fsp3) is 0.875. The summed E-state index contributed by atoms with van der Waals surface area (Å²) < 4.78 is 0. The van der Waals surface area contributed by atoms with Crippen molar-refractivity contribution in [2.45, 2.75) is 71.9 Å². The zero-order valence-corrected chi connectivity index (χ0v) is 13.7. The largest absolute Gasteiger partial charge is 0.340 e. The van der Waals surface area contributed by atoms with Crippen molar-refractivity contribution in [3.63, 3.8) is 0 Å². The third kappa shape index (κ3) is 2.57. The van der Waals surface area contributed by atoms with E-state index in [9.17, 15) is 9.59 Å². The molecule has 1 unspecified atom stereocenters. The smallest absolute Gasteiger partial charge is 0.248 e. The second kappa shape index (κ2) is 4.47. The highest BCUT2D eigenvalue weighted by atomic mass is 16.2. The van der Waals surface area contributed by atoms with Crippen molar-refractivity contribution < 1.29 is 9.59 Å². The molecule has 0 aromatic rings. The molecule has 114 valence electrons. The van der Waals surface area contributed by atoms with Crippen LogP contribution in [0.1, 0.15) is 60.8 Å². The van der Waals surface area contributed by atoms with Crippen molar-refractivity contribution in [2.75, 3.05) is 6.54 Å². The van der Waals surface area contributed by atoms with E-state index in [1.807, 2.05) is 11.8 Å². The van der Waals surface area contributed by atoms with E-state index >= 15 is 0 Å². The van der Waals surface area contributed by atoms with Gasteiger partial charge in [-0.15, -0.1) is 0 Å². The first-order chi connectivity index (χ1) is 8.98. The number of hydrogen-bond donors (Lipinski definition) is 1. The molecule has 1 N–H and O–H groups in total. The Hall–Kier alpha value is -1.06. The predicted octanol–water partition coefficient (Wildman–Crippen LogP) is 2.33. The number of amides is 2. The lowest BCUT2D eigenvalue weighted by atomic mass is 9.83. The van der Waals surface area contributed by atoms with Crippen molar-refractivity contribution in [2.24, 2.45) is 11.3 Å². The molecule has 0 aromatic heterocycles. The number of hydrogen-bond acceptors (Lipinski definition) is 2. The van der Waals surface area contributed by atoms with Crippen LogP contribution in [0, 0.1) is 11.3 Å². The van der Waals surface area contributed by atoms with Crippen LogP contribution in [0.25, 0.3) is 0 Å². The Morgan fingerprint density at radius 1 is 1.20 bits per heavy atom. The summed E-state index contributed by atoms with van der Waals surface area (Å²) in [5.74, 6) is 0.386. The molecule has 2 amide bonds. The average molecular weight is 280 g/mol. The van der Waals surface area contributed by atoms with Crippen LogP contribution in [-0.4, -0.2) is 34.3 Å². The molecule has 0 bridgehead atoms. The third-order valence-corrected chi connectivity index (χ3v) is 4.68. The van der Waals surface area contributed by atoms with Gasteiger partial charge in [-0.25, -0.2) is 0 Å². The molecule has 0 spiro atoms. The van der Waals surface area contributed by atoms with Gasteiger partial charge in [-0.2, -0.15) is 0 Å². The molecule has 4 heteroatoms. The molecule has 1 aliphatic carbocycles. The summed E-state index contributed by atoms with van der Waals surface area (Å²) in [5, 5.41) is 2.91. The standard InChI is InChI=1S/C16H28N2O2/c1-14(2,3)9-10-18-13(20)15(4,5)17-12(19)16(18,6)11-7-8-11/h11H,7-10H2,1-6H3,(H,17,19). The molecule has 0 aromatic carbocycles. The summed E-state index contributed by atoms with van der Waals surface area (Å²) in [6, 6.07) is 0. The van der Waals surface area contributed by atoms with Gasteiger partial charge in [0.1, 0.15) is 11.1 Å². The highest BCUT2D eigenvalue weighted by Crippen LogP contribution is 2.46. The van der Waals surface area contributed by atoms with Gasteiger partial charge in [-0.1, -0.05) is 20.8 Å². The minimum Gasteiger partial charge on any atom is -0.340 e. The summed E-state index contributed by atoms with van der Waals surface area (Å²) in [4.78, 5) is 27.2. The molecule has 2 fully saturated rings. The van der Waals surface area contributed by atoms with Crippen molar-refractivity contribution in [3.8, 4) is 0 Å². The van der Waals surface area contributed by atoms with Crippen molar-refractivity contribution in [3.05, 3.63) is 0 Å². The first-order valence-electron chi connectivity index (χ1n) is 7.63. The number of piperazine rings is 1. The summed E-state index contributed by atoms with van der Waals surface area (Å²) in [5.41, 5.74) is -1.29. The Morgan fingerprint density at radius 3 is 2.20 bits per heavy atom. The minimum absolute atomic E-state index is 0.0125. The lowest BCUT2D eigenvalue weighted by Crippen LogP contribution is -2.74. The quantitative estimate of drug-likeness (QED) is 0.862. The molecule has 0 radical (unpaired) electrons. The highest BCUT2D eigenvalue weighted by molar-refractivity contribution is 6.02. The van der Waals surface area contributed by atoms with Crippen LogP contribution >= 0.6 is 0 Å². The topological polar surface area (TPSA) is 49.4 Å². The molecule has 20 heavy (non-hydrogen) atoms. The van der Waals surface area contributed by atoms with E-state index in [2.05, 4.69) is 26.1 Å². The van der Waals surface area contributed by atoms with Gasteiger partial charge in [-0.3, -0.25) is 9.59 Å². The fourth-order valence-electron chi connectivity index (χ4n) is 2.97. The van der Waals surface area contributed by atoms with Gasteiger partial charge in [0.25, 0.3) is 0 Å². The minimum atomic E-state index is -0.788. The Bertz CT molecular complexity index is 432. The molecule has 2 rings (SSSR count). The second-order valence-electron chi connectivity index (χ2n) is 8.27. The van der Waals surface area contributed by atoms with Gasteiger partial charge in [0.05, 0.1) is 0 Å². The van der Waals surface area contributed by atoms with E-state index < -0.39 is 11.1 Å². The fourth-order valence-corrected chi connectivity index (χ4v) is 2.97. The summed E-state index contributed by atoms with van der Waals surface area (Å²) in [6.45, 7) is 12.7. The zero-order chi connectivity index (χ0) is 15.3. The van der Waals surface area contributed by atoms with E-state index in [1.165, 1.54) is 0 Å². The molecule has 4 nitrogen and oxygen atoms in total. The van der Waals surface area contributed by atoms with Gasteiger partial charge in [-0.05, 0) is 51.4 Å². The summed E-state index contributed by atoms with van der Waals surface area (Å²) in [6.07, 6.45) is 3.00. The molecule has 1 saturated heterocycles. The SMILES string of the molecule is CC(C)(C)CCN1C(=O)C(C)(C)NC(=O)C1(C)C1CC1. The molecular weight excluding hydrogens is 252 g/mol. The summed E-state index contributed by atoms with van der Waals surface area (Å²) in [7, 11) is 0. The molecule has 1 aliphatic heterocycles. The van der Waals surface area contributed by atoms with E-state index in [-0.39, 0.29) is 17.2 Å². The highest BCUT2D eigenvalue weighted by Gasteiger charge is 2.58. The van der Waals surface area contributed by atoms with Gasteiger partial charge < -0.3 is 10.2 Å². The Labute approximate surface area is 122 Å². The van der Waals surface area contributed by atoms with Crippen LogP contribution in [-0.2, 0) is 9.59 Å². The lowest BCUT2D eigenvalue weighted by Gasteiger charge is -2.50. The van der Waals surface area contributed by atoms with Crippen LogP contribution < -0.4 is 5.32 Å². The predicted molar refractivity (Wildman–Crippen MR) is 79.1 cm³/mol. The molecular formula is C16H28N2O2. The van der Waals surface area contributed by atoms with Gasteiger partial charge >= 0.3 is 0 Å². The first-order valence-corrected chi connectivity index (χ1v) is 7.63. The number of carbonyl (C=O) groups is 2. The van der Waals surface area contributed by atoms with Crippen LogP contribution in [0.3, 0.4) is 0 Å². The maximum atomic E-state index is 12.8. The Morgan fingerprint density at radius 2 is 1.75 bits per heavy atom. The number of carbonyl (C=O) groups excluding carboxylic acids is 2.